The zero-order valence-electron chi connectivity index (χ0n) is 29.3. The molecule has 0 aliphatic rings. The maximum atomic E-state index is 11.7. The Morgan fingerprint density at radius 2 is 1.87 bits per heavy atom. The van der Waals surface area contributed by atoms with Gasteiger partial charge in [-0.15, -0.1) is 11.3 Å². The maximum absolute atomic E-state index is 11.7. The van der Waals surface area contributed by atoms with Crippen LogP contribution in [0.25, 0.3) is 32.7 Å². The van der Waals surface area contributed by atoms with Crippen LogP contribution in [0.15, 0.2) is 41.9 Å². The summed E-state index contributed by atoms with van der Waals surface area (Å²) in [7, 11) is 1.69. The number of nitrogens with zero attached hydrogens (tertiary/aromatic N) is 3. The van der Waals surface area contributed by atoms with E-state index in [1.54, 1.807) is 18.4 Å². The Balaban J connectivity index is 0.00000192. The molecule has 0 fully saturated rings. The quantitative estimate of drug-likeness (QED) is 0.0482. The fourth-order valence-corrected chi connectivity index (χ4v) is 6.50. The second kappa shape index (κ2) is 19.3. The number of hydrazine groups is 1. The molecule has 10 heteroatoms. The standard InChI is InChI=1S/C34H45N5O4S.C3H8/c1-6-39-31-15-14-25(33-38-26(21-44-33)12-9-7-8-10-17-36-37-23-40)18-28(31)29(19-34(3,4)22-43-24(2)41)32(39)27-13-11-16-35-30(27)20-42-5;1-3-2/h11,13-16,18,21,23,36H,6-10,12,17,19-20,22H2,1-5H3,(H,37,40);3H2,1-2H3. The summed E-state index contributed by atoms with van der Waals surface area (Å²) in [6, 6.07) is 10.8. The number of rotatable bonds is 18. The number of esters is 1. The number of benzene rings is 1. The predicted molar refractivity (Wildman–Crippen MR) is 192 cm³/mol. The Kier molecular flexibility index (Phi) is 15.5. The van der Waals surface area contributed by atoms with Crippen molar-refractivity contribution >= 4 is 34.6 Å². The smallest absolute Gasteiger partial charge is 0.302 e. The Bertz CT molecular complexity index is 1560. The van der Waals surface area contributed by atoms with Crippen molar-refractivity contribution in [2.45, 2.75) is 99.6 Å². The lowest BCUT2D eigenvalue weighted by atomic mass is 9.84. The van der Waals surface area contributed by atoms with E-state index in [-0.39, 0.29) is 11.4 Å². The number of amides is 1. The molecule has 0 unspecified atom stereocenters. The molecule has 2 N–H and O–H groups in total. The van der Waals surface area contributed by atoms with Crippen molar-refractivity contribution in [3.63, 3.8) is 0 Å². The SMILES string of the molecule is CCC.CCn1c(-c2cccnc2COC)c(CC(C)(C)COC(C)=O)c2cc(-c3nc(CCCCCCNNC=O)cs3)ccc21. The van der Waals surface area contributed by atoms with Crippen molar-refractivity contribution in [3.05, 3.63) is 58.9 Å². The van der Waals surface area contributed by atoms with Crippen LogP contribution in [-0.4, -0.2) is 47.2 Å². The lowest BCUT2D eigenvalue weighted by molar-refractivity contribution is -0.143. The highest BCUT2D eigenvalue weighted by atomic mass is 32.1. The highest BCUT2D eigenvalue weighted by molar-refractivity contribution is 7.13. The number of nitrogens with one attached hydrogen (secondary N) is 2. The van der Waals surface area contributed by atoms with Crippen LogP contribution >= 0.6 is 11.3 Å². The third-order valence-corrected chi connectivity index (χ3v) is 8.62. The van der Waals surface area contributed by atoms with Gasteiger partial charge in [0.05, 0.1) is 30.3 Å². The Labute approximate surface area is 284 Å². The number of unbranched alkanes of at least 4 members (excludes halogenated alkanes) is 3. The van der Waals surface area contributed by atoms with Gasteiger partial charge in [-0.25, -0.2) is 10.4 Å². The molecule has 0 bridgehead atoms. The van der Waals surface area contributed by atoms with Crippen molar-refractivity contribution in [1.29, 1.82) is 0 Å². The highest BCUT2D eigenvalue weighted by Gasteiger charge is 2.28. The van der Waals surface area contributed by atoms with Gasteiger partial charge >= 0.3 is 5.97 Å². The summed E-state index contributed by atoms with van der Waals surface area (Å²) >= 11 is 1.69. The van der Waals surface area contributed by atoms with E-state index in [1.807, 2.05) is 12.3 Å². The summed E-state index contributed by atoms with van der Waals surface area (Å²) in [5.41, 5.74) is 12.7. The number of carbonyl (C=O) groups is 2. The van der Waals surface area contributed by atoms with Gasteiger partial charge in [-0.05, 0) is 68.5 Å². The minimum atomic E-state index is -0.289. The second-order valence-corrected chi connectivity index (χ2v) is 13.4. The zero-order chi connectivity index (χ0) is 34.2. The van der Waals surface area contributed by atoms with Crippen LogP contribution in [0.4, 0.5) is 0 Å². The van der Waals surface area contributed by atoms with Gasteiger partial charge < -0.3 is 14.0 Å². The van der Waals surface area contributed by atoms with Crippen LogP contribution < -0.4 is 10.9 Å². The van der Waals surface area contributed by atoms with Gasteiger partial charge in [0, 0.05) is 66.1 Å². The molecule has 1 aromatic carbocycles. The molecular formula is C37H53N5O4S. The number of pyridine rings is 1. The van der Waals surface area contributed by atoms with E-state index in [4.69, 9.17) is 14.5 Å². The number of ether oxygens (including phenoxy) is 2. The second-order valence-electron chi connectivity index (χ2n) is 12.6. The third kappa shape index (κ3) is 11.0. The van der Waals surface area contributed by atoms with Crippen molar-refractivity contribution in [2.75, 3.05) is 20.3 Å². The van der Waals surface area contributed by atoms with Gasteiger partial charge in [-0.1, -0.05) is 47.0 Å². The monoisotopic (exact) mass is 663 g/mol. The number of aromatic nitrogens is 3. The highest BCUT2D eigenvalue weighted by Crippen LogP contribution is 2.41. The summed E-state index contributed by atoms with van der Waals surface area (Å²) in [6.45, 7) is 14.5. The normalized spacial score (nSPS) is 11.3. The van der Waals surface area contributed by atoms with Crippen LogP contribution in [0.3, 0.4) is 0 Å². The lowest BCUT2D eigenvalue weighted by Crippen LogP contribution is -2.30. The largest absolute Gasteiger partial charge is 0.465 e. The van der Waals surface area contributed by atoms with E-state index in [1.165, 1.54) is 24.3 Å². The maximum Gasteiger partial charge on any atom is 0.302 e. The van der Waals surface area contributed by atoms with E-state index in [0.717, 1.165) is 83.9 Å². The van der Waals surface area contributed by atoms with Crippen molar-refractivity contribution in [2.24, 2.45) is 5.41 Å². The summed E-state index contributed by atoms with van der Waals surface area (Å²) < 4.78 is 13.4. The fourth-order valence-electron chi connectivity index (χ4n) is 5.65. The van der Waals surface area contributed by atoms with E-state index >= 15 is 0 Å². The molecule has 0 atom stereocenters. The van der Waals surface area contributed by atoms with Gasteiger partial charge in [0.15, 0.2) is 0 Å². The van der Waals surface area contributed by atoms with E-state index in [9.17, 15) is 9.59 Å². The fraction of sp³-hybridized carbons (Fsp3) is 0.514. The van der Waals surface area contributed by atoms with Crippen LogP contribution in [0.5, 0.6) is 0 Å². The Morgan fingerprint density at radius 1 is 1.11 bits per heavy atom. The van der Waals surface area contributed by atoms with Crippen molar-refractivity contribution < 1.29 is 19.1 Å². The summed E-state index contributed by atoms with van der Waals surface area (Å²) in [4.78, 5) is 31.7. The molecule has 0 aliphatic heterocycles. The van der Waals surface area contributed by atoms with E-state index in [2.05, 4.69) is 84.7 Å². The topological polar surface area (TPSA) is 107 Å². The molecule has 0 saturated carbocycles. The average molecular weight is 664 g/mol. The number of thiazole rings is 1. The minimum absolute atomic E-state index is 0.269. The molecule has 0 radical (unpaired) electrons. The molecule has 0 spiro atoms. The Morgan fingerprint density at radius 3 is 2.57 bits per heavy atom. The average Bonchev–Trinajstić information content (AvgIpc) is 3.64. The first-order chi connectivity index (χ1) is 22.7. The number of fused-ring (bicyclic) bond motifs is 1. The summed E-state index contributed by atoms with van der Waals surface area (Å²) in [5.74, 6) is -0.269. The van der Waals surface area contributed by atoms with E-state index in [0.29, 0.717) is 26.0 Å². The molecule has 3 aromatic heterocycles. The first kappa shape index (κ1) is 37.9. The molecule has 3 heterocycles. The van der Waals surface area contributed by atoms with Crippen LogP contribution in [0.1, 0.15) is 90.6 Å². The van der Waals surface area contributed by atoms with Crippen LogP contribution in [0, 0.1) is 5.41 Å². The van der Waals surface area contributed by atoms with Gasteiger partial charge in [-0.3, -0.25) is 20.0 Å². The lowest BCUT2D eigenvalue weighted by Gasteiger charge is -2.25. The molecule has 4 aromatic rings. The van der Waals surface area contributed by atoms with Crippen molar-refractivity contribution in [3.8, 4) is 21.8 Å². The molecular weight excluding hydrogens is 611 g/mol. The minimum Gasteiger partial charge on any atom is -0.465 e. The van der Waals surface area contributed by atoms with Gasteiger partial charge in [-0.2, -0.15) is 0 Å². The molecule has 1 amide bonds. The summed E-state index contributed by atoms with van der Waals surface area (Å²) in [5, 5.41) is 4.37. The first-order valence-electron chi connectivity index (χ1n) is 16.8. The third-order valence-electron chi connectivity index (χ3n) is 7.68. The number of aryl methyl sites for hydroxylation is 2. The molecule has 47 heavy (non-hydrogen) atoms. The Hall–Kier alpha value is -3.60. The molecule has 256 valence electrons. The van der Waals surface area contributed by atoms with Crippen LogP contribution in [0.2, 0.25) is 0 Å². The predicted octanol–water partition coefficient (Wildman–Crippen LogP) is 7.89. The molecule has 9 nitrogen and oxygen atoms in total. The van der Waals surface area contributed by atoms with Gasteiger partial charge in [0.25, 0.3) is 0 Å². The number of hydrogen-bond donors (Lipinski definition) is 2. The van der Waals surface area contributed by atoms with E-state index < -0.39 is 0 Å². The summed E-state index contributed by atoms with van der Waals surface area (Å²) in [6.07, 6.45) is 9.73. The van der Waals surface area contributed by atoms with Crippen LogP contribution in [-0.2, 0) is 45.1 Å². The number of methoxy groups -OCH3 is 1. The number of hydrogen-bond acceptors (Lipinski definition) is 8. The zero-order valence-corrected chi connectivity index (χ0v) is 30.1. The van der Waals surface area contributed by atoms with Crippen molar-refractivity contribution in [1.82, 2.24) is 25.4 Å². The molecule has 0 saturated heterocycles. The number of carbonyl (C=O) groups excluding carboxylic acids is 2. The molecule has 0 aliphatic carbocycles. The molecule has 4 rings (SSSR count). The first-order valence-corrected chi connectivity index (χ1v) is 17.7. The van der Waals surface area contributed by atoms with Gasteiger partial charge in [0.2, 0.25) is 6.41 Å². The van der Waals surface area contributed by atoms with Gasteiger partial charge in [0.1, 0.15) is 5.01 Å².